The zero-order valence-corrected chi connectivity index (χ0v) is 18.6. The number of hydrogen-bond donors (Lipinski definition) is 2. The molecule has 0 spiro atoms. The zero-order valence-electron chi connectivity index (χ0n) is 18.6. The largest absolute Gasteiger partial charge is 0.383 e. The van der Waals surface area contributed by atoms with Gasteiger partial charge in [-0.05, 0) is 35.7 Å². The number of nitrogens with two attached hydrogens (primary N) is 1. The number of aromatic amines is 1. The van der Waals surface area contributed by atoms with Crippen molar-refractivity contribution < 1.29 is 0 Å². The van der Waals surface area contributed by atoms with Gasteiger partial charge in [-0.15, -0.1) is 0 Å². The third kappa shape index (κ3) is 5.06. The van der Waals surface area contributed by atoms with Crippen molar-refractivity contribution >= 4 is 11.5 Å². The normalized spacial score (nSPS) is 10.9. The lowest BCUT2D eigenvalue weighted by Crippen LogP contribution is -2.38. The van der Waals surface area contributed by atoms with Crippen molar-refractivity contribution in [3.63, 3.8) is 0 Å². The first kappa shape index (κ1) is 22.1. The third-order valence-electron chi connectivity index (χ3n) is 5.56. The van der Waals surface area contributed by atoms with E-state index in [-0.39, 0.29) is 5.82 Å². The van der Waals surface area contributed by atoms with E-state index in [0.717, 1.165) is 29.7 Å². The van der Waals surface area contributed by atoms with Crippen molar-refractivity contribution in [3.8, 4) is 5.69 Å². The molecule has 33 heavy (non-hydrogen) atoms. The van der Waals surface area contributed by atoms with Crippen LogP contribution in [0.3, 0.4) is 0 Å². The van der Waals surface area contributed by atoms with Crippen LogP contribution >= 0.6 is 0 Å². The highest BCUT2D eigenvalue weighted by molar-refractivity contribution is 5.63. The van der Waals surface area contributed by atoms with Gasteiger partial charge in [0.25, 0.3) is 5.56 Å². The van der Waals surface area contributed by atoms with Crippen LogP contribution in [0.15, 0.2) is 82.6 Å². The van der Waals surface area contributed by atoms with Crippen molar-refractivity contribution in [1.82, 2.24) is 19.3 Å². The van der Waals surface area contributed by atoms with Crippen LogP contribution in [-0.4, -0.2) is 19.3 Å². The second-order valence-corrected chi connectivity index (χ2v) is 7.96. The van der Waals surface area contributed by atoms with Crippen LogP contribution in [0.1, 0.15) is 30.9 Å². The van der Waals surface area contributed by atoms with Gasteiger partial charge in [0.15, 0.2) is 0 Å². The van der Waals surface area contributed by atoms with Crippen LogP contribution in [0.5, 0.6) is 0 Å². The Morgan fingerprint density at radius 2 is 1.67 bits per heavy atom. The molecule has 170 valence electrons. The molecule has 0 unspecified atom stereocenters. The predicted octanol–water partition coefficient (Wildman–Crippen LogP) is 3.31. The van der Waals surface area contributed by atoms with Crippen LogP contribution in [0.4, 0.5) is 11.5 Å². The summed E-state index contributed by atoms with van der Waals surface area (Å²) in [5.41, 5.74) is 8.76. The van der Waals surface area contributed by atoms with Crippen molar-refractivity contribution in [1.29, 1.82) is 0 Å². The van der Waals surface area contributed by atoms with Gasteiger partial charge in [-0.2, -0.15) is 5.10 Å². The van der Waals surface area contributed by atoms with E-state index in [2.05, 4.69) is 10.1 Å². The number of nitrogens with zero attached hydrogens (tertiary/aromatic N) is 4. The SMILES string of the molecule is CCCCn1c(N)c(N(Cc2ccccc2)Cc2ccc(-n3cccn3)cc2)c(=O)[nH]c1=O. The molecular weight excluding hydrogens is 416 g/mol. The number of anilines is 2. The maximum Gasteiger partial charge on any atom is 0.330 e. The van der Waals surface area contributed by atoms with Crippen molar-refractivity contribution in [3.05, 3.63) is 105 Å². The molecule has 0 fully saturated rings. The Labute approximate surface area is 191 Å². The number of nitrogen functional groups attached to an aromatic ring is 1. The molecule has 2 heterocycles. The molecule has 0 aliphatic carbocycles. The summed E-state index contributed by atoms with van der Waals surface area (Å²) >= 11 is 0. The molecule has 0 saturated heterocycles. The summed E-state index contributed by atoms with van der Waals surface area (Å²) in [5.74, 6) is 0.196. The molecule has 0 atom stereocenters. The van der Waals surface area contributed by atoms with E-state index < -0.39 is 11.2 Å². The molecule has 0 radical (unpaired) electrons. The Hall–Kier alpha value is -4.07. The first-order valence-corrected chi connectivity index (χ1v) is 11.1. The fourth-order valence-electron chi connectivity index (χ4n) is 3.84. The average Bonchev–Trinajstić information content (AvgIpc) is 3.35. The lowest BCUT2D eigenvalue weighted by Gasteiger charge is -2.26. The molecule has 0 bridgehead atoms. The summed E-state index contributed by atoms with van der Waals surface area (Å²) < 4.78 is 3.25. The van der Waals surface area contributed by atoms with Gasteiger partial charge in [0.2, 0.25) is 0 Å². The molecule has 8 nitrogen and oxygen atoms in total. The maximum atomic E-state index is 12.9. The lowest BCUT2D eigenvalue weighted by molar-refractivity contribution is 0.602. The molecule has 4 aromatic rings. The smallest absolute Gasteiger partial charge is 0.330 e. The fourth-order valence-corrected chi connectivity index (χ4v) is 3.84. The van der Waals surface area contributed by atoms with E-state index in [4.69, 9.17) is 5.73 Å². The topological polar surface area (TPSA) is 102 Å². The first-order valence-electron chi connectivity index (χ1n) is 11.1. The minimum Gasteiger partial charge on any atom is -0.383 e. The van der Waals surface area contributed by atoms with Gasteiger partial charge in [0, 0.05) is 32.0 Å². The van der Waals surface area contributed by atoms with E-state index in [0.29, 0.717) is 25.3 Å². The van der Waals surface area contributed by atoms with Crippen molar-refractivity contribution in [2.75, 3.05) is 10.6 Å². The van der Waals surface area contributed by atoms with E-state index in [1.165, 1.54) is 4.57 Å². The summed E-state index contributed by atoms with van der Waals surface area (Å²) in [4.78, 5) is 29.7. The zero-order chi connectivity index (χ0) is 23.2. The number of nitrogens with one attached hydrogen (secondary N) is 1. The van der Waals surface area contributed by atoms with Crippen LogP contribution in [0.25, 0.3) is 5.69 Å². The standard InChI is InChI=1S/C25H28N6O2/c1-2-3-15-30-23(26)22(24(32)28-25(30)33)29(17-19-8-5-4-6-9-19)18-20-10-12-21(13-11-20)31-16-7-14-27-31/h4-14,16H,2-3,15,17-18,26H2,1H3,(H,28,32,33). The lowest BCUT2D eigenvalue weighted by atomic mass is 10.1. The Kier molecular flexibility index (Phi) is 6.73. The van der Waals surface area contributed by atoms with Gasteiger partial charge < -0.3 is 10.6 Å². The molecule has 2 aromatic carbocycles. The molecule has 0 saturated carbocycles. The Morgan fingerprint density at radius 3 is 2.30 bits per heavy atom. The molecule has 0 amide bonds. The number of rotatable bonds is 9. The van der Waals surface area contributed by atoms with Crippen LogP contribution in [-0.2, 0) is 19.6 Å². The Morgan fingerprint density at radius 1 is 0.970 bits per heavy atom. The molecule has 2 aromatic heterocycles. The minimum absolute atomic E-state index is 0.196. The van der Waals surface area contributed by atoms with Crippen LogP contribution in [0.2, 0.25) is 0 Å². The van der Waals surface area contributed by atoms with Gasteiger partial charge >= 0.3 is 5.69 Å². The van der Waals surface area contributed by atoms with E-state index in [9.17, 15) is 9.59 Å². The number of unbranched alkanes of at least 4 members (excludes halogenated alkanes) is 1. The summed E-state index contributed by atoms with van der Waals surface area (Å²) in [7, 11) is 0. The summed E-state index contributed by atoms with van der Waals surface area (Å²) in [6, 6.07) is 19.7. The molecule has 0 aliphatic heterocycles. The molecule has 0 aliphatic rings. The number of hydrogen-bond acceptors (Lipinski definition) is 5. The van der Waals surface area contributed by atoms with Crippen LogP contribution < -0.4 is 21.9 Å². The van der Waals surface area contributed by atoms with Gasteiger partial charge in [-0.3, -0.25) is 14.3 Å². The monoisotopic (exact) mass is 444 g/mol. The van der Waals surface area contributed by atoms with Crippen molar-refractivity contribution in [2.45, 2.75) is 39.4 Å². The Balaban J connectivity index is 1.71. The summed E-state index contributed by atoms with van der Waals surface area (Å²) in [5, 5.41) is 4.26. The highest BCUT2D eigenvalue weighted by Gasteiger charge is 2.19. The van der Waals surface area contributed by atoms with E-state index in [1.807, 2.05) is 78.7 Å². The van der Waals surface area contributed by atoms with Gasteiger partial charge in [0.05, 0.1) is 5.69 Å². The van der Waals surface area contributed by atoms with E-state index in [1.54, 1.807) is 10.9 Å². The van der Waals surface area contributed by atoms with Crippen molar-refractivity contribution in [2.24, 2.45) is 0 Å². The Bertz CT molecular complexity index is 1290. The molecule has 3 N–H and O–H groups in total. The van der Waals surface area contributed by atoms with Gasteiger partial charge in [0.1, 0.15) is 11.5 Å². The summed E-state index contributed by atoms with van der Waals surface area (Å²) in [6.07, 6.45) is 5.33. The van der Waals surface area contributed by atoms with E-state index >= 15 is 0 Å². The maximum absolute atomic E-state index is 12.9. The third-order valence-corrected chi connectivity index (χ3v) is 5.56. The highest BCUT2D eigenvalue weighted by Crippen LogP contribution is 2.23. The predicted molar refractivity (Wildman–Crippen MR) is 131 cm³/mol. The van der Waals surface area contributed by atoms with Gasteiger partial charge in [-0.1, -0.05) is 55.8 Å². The first-order chi connectivity index (χ1) is 16.1. The van der Waals surface area contributed by atoms with Crippen LogP contribution in [0, 0.1) is 0 Å². The quantitative estimate of drug-likeness (QED) is 0.412. The molecule has 4 rings (SSSR count). The second kappa shape index (κ2) is 10.0. The van der Waals surface area contributed by atoms with Gasteiger partial charge in [-0.25, -0.2) is 9.48 Å². The highest BCUT2D eigenvalue weighted by atomic mass is 16.2. The minimum atomic E-state index is -0.477. The average molecular weight is 445 g/mol. The summed E-state index contributed by atoms with van der Waals surface area (Å²) in [6.45, 7) is 3.43. The second-order valence-electron chi connectivity index (χ2n) is 7.96. The number of H-pyrrole nitrogens is 1. The number of benzene rings is 2. The fraction of sp³-hybridized carbons (Fsp3) is 0.240. The number of aromatic nitrogens is 4. The molecular formula is C25H28N6O2. The molecule has 8 heteroatoms.